The highest BCUT2D eigenvalue weighted by atomic mass is 16.5. The summed E-state index contributed by atoms with van der Waals surface area (Å²) in [5, 5.41) is 0. The topological polar surface area (TPSA) is 52.3 Å². The molecule has 0 bridgehead atoms. The Hall–Kier alpha value is -2.10. The quantitative estimate of drug-likeness (QED) is 0.477. The molecule has 0 amide bonds. The van der Waals surface area contributed by atoms with Crippen molar-refractivity contribution in [3.63, 3.8) is 0 Å². The van der Waals surface area contributed by atoms with Crippen LogP contribution in [-0.2, 0) is 12.8 Å². The molecule has 0 fully saturated rings. The lowest BCUT2D eigenvalue weighted by atomic mass is 10.1. The molecule has 4 heteroatoms. The summed E-state index contributed by atoms with van der Waals surface area (Å²) in [5.41, 5.74) is 1.62. The molecule has 4 nitrogen and oxygen atoms in total. The van der Waals surface area contributed by atoms with Gasteiger partial charge in [0.2, 0.25) is 0 Å². The Kier molecular flexibility index (Phi) is 6.85. The molecule has 0 aliphatic rings. The third kappa shape index (κ3) is 5.55. The molecule has 0 unspecified atom stereocenters. The average molecular weight is 315 g/mol. The van der Waals surface area contributed by atoms with Gasteiger partial charge in [-0.1, -0.05) is 26.2 Å². The molecule has 0 radical (unpaired) electrons. The summed E-state index contributed by atoms with van der Waals surface area (Å²) in [6.45, 7) is 4.71. The van der Waals surface area contributed by atoms with Crippen LogP contribution in [0.4, 0.5) is 0 Å². The Morgan fingerprint density at radius 2 is 1.91 bits per heavy atom. The molecule has 124 valence electrons. The standard InChI is InChI=1S/C19H25NO3/c1-3-4-5-6-7-19-20-18(15(2)23-19)12-13-22-17-10-8-16(14-21)9-11-17/h8-11,14H,3-7,12-13H2,1-2H3. The van der Waals surface area contributed by atoms with Crippen LogP contribution in [0.15, 0.2) is 28.7 Å². The summed E-state index contributed by atoms with van der Waals surface area (Å²) in [4.78, 5) is 15.2. The summed E-state index contributed by atoms with van der Waals surface area (Å²) < 4.78 is 11.4. The Morgan fingerprint density at radius 1 is 1.13 bits per heavy atom. The first kappa shape index (κ1) is 17.3. The number of carbonyl (C=O) groups is 1. The van der Waals surface area contributed by atoms with E-state index in [1.165, 1.54) is 19.3 Å². The van der Waals surface area contributed by atoms with Crippen LogP contribution in [0.5, 0.6) is 5.75 Å². The number of oxazole rings is 1. The maximum absolute atomic E-state index is 10.6. The number of nitrogens with zero attached hydrogens (tertiary/aromatic N) is 1. The van der Waals surface area contributed by atoms with Crippen molar-refractivity contribution in [2.24, 2.45) is 0 Å². The summed E-state index contributed by atoms with van der Waals surface area (Å²) in [6.07, 6.45) is 7.32. The largest absolute Gasteiger partial charge is 0.493 e. The molecule has 0 spiro atoms. The van der Waals surface area contributed by atoms with Gasteiger partial charge < -0.3 is 9.15 Å². The monoisotopic (exact) mass is 315 g/mol. The van der Waals surface area contributed by atoms with Gasteiger partial charge in [-0.15, -0.1) is 0 Å². The van der Waals surface area contributed by atoms with Gasteiger partial charge in [0.25, 0.3) is 0 Å². The number of hydrogen-bond acceptors (Lipinski definition) is 4. The molecule has 1 aromatic carbocycles. The van der Waals surface area contributed by atoms with E-state index in [-0.39, 0.29) is 0 Å². The Bertz CT molecular complexity index is 602. The van der Waals surface area contributed by atoms with Gasteiger partial charge in [0.1, 0.15) is 17.8 Å². The molecule has 0 saturated carbocycles. The van der Waals surface area contributed by atoms with Gasteiger partial charge in [-0.2, -0.15) is 0 Å². The predicted octanol–water partition coefficient (Wildman–Crippen LogP) is 4.54. The fourth-order valence-corrected chi connectivity index (χ4v) is 2.44. The molecule has 0 aliphatic heterocycles. The predicted molar refractivity (Wildman–Crippen MR) is 90.1 cm³/mol. The van der Waals surface area contributed by atoms with Crippen LogP contribution >= 0.6 is 0 Å². The van der Waals surface area contributed by atoms with Crippen molar-refractivity contribution >= 4 is 6.29 Å². The molecular weight excluding hydrogens is 290 g/mol. The number of aromatic nitrogens is 1. The van der Waals surface area contributed by atoms with E-state index in [2.05, 4.69) is 11.9 Å². The molecule has 0 N–H and O–H groups in total. The van der Waals surface area contributed by atoms with E-state index in [0.717, 1.165) is 48.6 Å². The number of rotatable bonds is 10. The van der Waals surface area contributed by atoms with Crippen LogP contribution in [0.3, 0.4) is 0 Å². The van der Waals surface area contributed by atoms with E-state index in [1.54, 1.807) is 24.3 Å². The molecular formula is C19H25NO3. The lowest BCUT2D eigenvalue weighted by Crippen LogP contribution is -2.03. The number of carbonyl (C=O) groups excluding carboxylic acids is 1. The van der Waals surface area contributed by atoms with Crippen LogP contribution in [0.2, 0.25) is 0 Å². The van der Waals surface area contributed by atoms with Gasteiger partial charge in [0.05, 0.1) is 12.3 Å². The van der Waals surface area contributed by atoms with E-state index in [9.17, 15) is 4.79 Å². The second kappa shape index (κ2) is 9.13. The first-order valence-electron chi connectivity index (χ1n) is 8.36. The minimum Gasteiger partial charge on any atom is -0.493 e. The van der Waals surface area contributed by atoms with Crippen LogP contribution in [-0.4, -0.2) is 17.9 Å². The zero-order valence-electron chi connectivity index (χ0n) is 14.0. The van der Waals surface area contributed by atoms with Crippen molar-refractivity contribution in [2.45, 2.75) is 52.4 Å². The molecule has 0 saturated heterocycles. The Labute approximate surface area is 137 Å². The molecule has 2 aromatic rings. The van der Waals surface area contributed by atoms with Crippen molar-refractivity contribution < 1.29 is 13.9 Å². The molecule has 1 heterocycles. The van der Waals surface area contributed by atoms with Crippen LogP contribution < -0.4 is 4.74 Å². The lowest BCUT2D eigenvalue weighted by molar-refractivity contribution is 0.112. The van der Waals surface area contributed by atoms with E-state index in [0.29, 0.717) is 12.2 Å². The zero-order chi connectivity index (χ0) is 16.5. The summed E-state index contributed by atoms with van der Waals surface area (Å²) in [6, 6.07) is 7.10. The first-order valence-corrected chi connectivity index (χ1v) is 8.36. The first-order chi connectivity index (χ1) is 11.2. The lowest BCUT2D eigenvalue weighted by Gasteiger charge is -2.04. The van der Waals surface area contributed by atoms with Gasteiger partial charge >= 0.3 is 0 Å². The molecule has 0 atom stereocenters. The third-order valence-electron chi connectivity index (χ3n) is 3.80. The number of hydrogen-bond donors (Lipinski definition) is 0. The molecule has 23 heavy (non-hydrogen) atoms. The summed E-state index contributed by atoms with van der Waals surface area (Å²) in [7, 11) is 0. The van der Waals surface area contributed by atoms with Crippen molar-refractivity contribution in [1.82, 2.24) is 4.98 Å². The fourth-order valence-electron chi connectivity index (χ4n) is 2.44. The SMILES string of the molecule is CCCCCCc1nc(CCOc2ccc(C=O)cc2)c(C)o1. The van der Waals surface area contributed by atoms with E-state index in [4.69, 9.17) is 9.15 Å². The minimum absolute atomic E-state index is 0.545. The smallest absolute Gasteiger partial charge is 0.194 e. The van der Waals surface area contributed by atoms with Crippen molar-refractivity contribution in [2.75, 3.05) is 6.61 Å². The van der Waals surface area contributed by atoms with E-state index >= 15 is 0 Å². The second-order valence-corrected chi connectivity index (χ2v) is 5.71. The summed E-state index contributed by atoms with van der Waals surface area (Å²) in [5.74, 6) is 2.48. The normalized spacial score (nSPS) is 10.7. The minimum atomic E-state index is 0.545. The number of aldehydes is 1. The van der Waals surface area contributed by atoms with Gasteiger partial charge in [-0.25, -0.2) is 4.98 Å². The third-order valence-corrected chi connectivity index (χ3v) is 3.80. The van der Waals surface area contributed by atoms with Gasteiger partial charge in [0, 0.05) is 18.4 Å². The Balaban J connectivity index is 1.78. The average Bonchev–Trinajstić information content (AvgIpc) is 2.92. The highest BCUT2D eigenvalue weighted by Crippen LogP contribution is 2.15. The van der Waals surface area contributed by atoms with E-state index in [1.807, 2.05) is 6.92 Å². The highest BCUT2D eigenvalue weighted by Gasteiger charge is 2.09. The number of aryl methyl sites for hydroxylation is 2. The van der Waals surface area contributed by atoms with Gasteiger partial charge in [0.15, 0.2) is 5.89 Å². The fraction of sp³-hybridized carbons (Fsp3) is 0.474. The number of benzene rings is 1. The molecule has 0 aliphatic carbocycles. The van der Waals surface area contributed by atoms with Crippen molar-refractivity contribution in [3.8, 4) is 5.75 Å². The molecule has 1 aromatic heterocycles. The second-order valence-electron chi connectivity index (χ2n) is 5.71. The summed E-state index contributed by atoms with van der Waals surface area (Å²) >= 11 is 0. The maximum Gasteiger partial charge on any atom is 0.194 e. The maximum atomic E-state index is 10.6. The van der Waals surface area contributed by atoms with Crippen LogP contribution in [0.1, 0.15) is 60.3 Å². The van der Waals surface area contributed by atoms with Crippen LogP contribution in [0.25, 0.3) is 0 Å². The zero-order valence-corrected chi connectivity index (χ0v) is 14.0. The van der Waals surface area contributed by atoms with Crippen LogP contribution in [0, 0.1) is 6.92 Å². The number of unbranched alkanes of at least 4 members (excludes halogenated alkanes) is 3. The van der Waals surface area contributed by atoms with Gasteiger partial charge in [-0.05, 0) is 37.6 Å². The van der Waals surface area contributed by atoms with E-state index < -0.39 is 0 Å². The number of ether oxygens (including phenoxy) is 1. The highest BCUT2D eigenvalue weighted by molar-refractivity contribution is 5.74. The van der Waals surface area contributed by atoms with Crippen molar-refractivity contribution in [1.29, 1.82) is 0 Å². The van der Waals surface area contributed by atoms with Gasteiger partial charge in [-0.3, -0.25) is 4.79 Å². The Morgan fingerprint density at radius 3 is 2.61 bits per heavy atom. The van der Waals surface area contributed by atoms with Crippen molar-refractivity contribution in [3.05, 3.63) is 47.2 Å². The molecule has 2 rings (SSSR count).